The van der Waals surface area contributed by atoms with Gasteiger partial charge in [-0.05, 0) is 57.1 Å². The summed E-state index contributed by atoms with van der Waals surface area (Å²) in [5, 5.41) is 0. The van der Waals surface area contributed by atoms with E-state index in [1.807, 2.05) is 18.2 Å². The molecule has 2 nitrogen and oxygen atoms in total. The molecule has 4 N–H and O–H groups in total. The Kier molecular flexibility index (Phi) is 4.34. The maximum absolute atomic E-state index is 6.74. The number of anilines is 2. The van der Waals surface area contributed by atoms with Crippen LogP contribution in [0.5, 0.6) is 0 Å². The van der Waals surface area contributed by atoms with Crippen molar-refractivity contribution in [3.8, 4) is 22.3 Å². The summed E-state index contributed by atoms with van der Waals surface area (Å²) in [6.07, 6.45) is 0. The van der Waals surface area contributed by atoms with E-state index in [0.29, 0.717) is 0 Å². The molecule has 0 bridgehead atoms. The molecule has 33 heavy (non-hydrogen) atoms. The molecule has 0 spiro atoms. The molecule has 1 aliphatic rings. The summed E-state index contributed by atoms with van der Waals surface area (Å²) in [4.78, 5) is 0. The molecule has 6 rings (SSSR count). The first-order chi connectivity index (χ1) is 16.2. The van der Waals surface area contributed by atoms with E-state index in [-0.39, 0.29) is 0 Å². The van der Waals surface area contributed by atoms with Crippen LogP contribution in [0.1, 0.15) is 22.3 Å². The average Bonchev–Trinajstić information content (AvgIpc) is 3.15. The van der Waals surface area contributed by atoms with Crippen molar-refractivity contribution in [2.75, 3.05) is 11.5 Å². The highest BCUT2D eigenvalue weighted by molar-refractivity contribution is 5.97. The van der Waals surface area contributed by atoms with Gasteiger partial charge in [0.25, 0.3) is 0 Å². The zero-order valence-corrected chi connectivity index (χ0v) is 18.2. The Bertz CT molecular complexity index is 1420. The average molecular weight is 425 g/mol. The van der Waals surface area contributed by atoms with E-state index < -0.39 is 5.41 Å². The minimum atomic E-state index is -0.539. The van der Waals surface area contributed by atoms with Crippen molar-refractivity contribution in [1.29, 1.82) is 0 Å². The van der Waals surface area contributed by atoms with Crippen molar-refractivity contribution in [3.05, 3.63) is 144 Å². The van der Waals surface area contributed by atoms with Crippen LogP contribution in [-0.2, 0) is 5.41 Å². The quantitative estimate of drug-likeness (QED) is 0.304. The van der Waals surface area contributed by atoms with Crippen LogP contribution in [0.15, 0.2) is 121 Å². The maximum Gasteiger partial charge on any atom is 0.0721 e. The van der Waals surface area contributed by atoms with Gasteiger partial charge in [-0.1, -0.05) is 103 Å². The van der Waals surface area contributed by atoms with Crippen LogP contribution < -0.4 is 11.5 Å². The summed E-state index contributed by atoms with van der Waals surface area (Å²) in [7, 11) is 0. The summed E-state index contributed by atoms with van der Waals surface area (Å²) < 4.78 is 0. The number of rotatable bonds is 3. The van der Waals surface area contributed by atoms with Crippen LogP contribution in [0.4, 0.5) is 11.4 Å². The molecule has 0 heterocycles. The second-order valence-electron chi connectivity index (χ2n) is 8.61. The molecule has 0 fully saturated rings. The van der Waals surface area contributed by atoms with Gasteiger partial charge < -0.3 is 11.5 Å². The van der Waals surface area contributed by atoms with E-state index in [4.69, 9.17) is 11.5 Å². The highest BCUT2D eigenvalue weighted by Crippen LogP contribution is 2.59. The second kappa shape index (κ2) is 7.39. The van der Waals surface area contributed by atoms with Gasteiger partial charge in [-0.25, -0.2) is 0 Å². The van der Waals surface area contributed by atoms with Crippen LogP contribution in [0.2, 0.25) is 0 Å². The molecular formula is C31H24N2. The zero-order chi connectivity index (χ0) is 22.4. The molecular weight excluding hydrogens is 400 g/mol. The minimum absolute atomic E-state index is 0.539. The van der Waals surface area contributed by atoms with Crippen LogP contribution in [-0.4, -0.2) is 0 Å². The highest BCUT2D eigenvalue weighted by Gasteiger charge is 2.48. The largest absolute Gasteiger partial charge is 0.399 e. The van der Waals surface area contributed by atoms with E-state index in [0.717, 1.165) is 22.5 Å². The number of nitrogens with two attached hydrogens (primary N) is 2. The molecule has 1 aliphatic carbocycles. The third kappa shape index (κ3) is 2.74. The smallest absolute Gasteiger partial charge is 0.0721 e. The molecule has 0 amide bonds. The lowest BCUT2D eigenvalue weighted by atomic mass is 9.66. The van der Waals surface area contributed by atoms with Gasteiger partial charge in [0.05, 0.1) is 5.41 Å². The van der Waals surface area contributed by atoms with Gasteiger partial charge in [0.1, 0.15) is 0 Å². The van der Waals surface area contributed by atoms with Crippen molar-refractivity contribution in [2.45, 2.75) is 5.41 Å². The molecule has 0 atom stereocenters. The third-order valence-electron chi connectivity index (χ3n) is 6.83. The van der Waals surface area contributed by atoms with Gasteiger partial charge in [-0.15, -0.1) is 0 Å². The zero-order valence-electron chi connectivity index (χ0n) is 18.2. The minimum Gasteiger partial charge on any atom is -0.399 e. The van der Waals surface area contributed by atoms with E-state index in [1.54, 1.807) is 0 Å². The monoisotopic (exact) mass is 424 g/mol. The van der Waals surface area contributed by atoms with Crippen molar-refractivity contribution in [1.82, 2.24) is 0 Å². The van der Waals surface area contributed by atoms with Crippen molar-refractivity contribution < 1.29 is 0 Å². The summed E-state index contributed by atoms with van der Waals surface area (Å²) in [5.74, 6) is 0. The fourth-order valence-corrected chi connectivity index (χ4v) is 5.53. The van der Waals surface area contributed by atoms with Gasteiger partial charge in [-0.3, -0.25) is 0 Å². The first kappa shape index (κ1) is 19.4. The van der Waals surface area contributed by atoms with Gasteiger partial charge in [0.15, 0.2) is 0 Å². The topological polar surface area (TPSA) is 52.0 Å². The number of nitrogen functional groups attached to an aromatic ring is 2. The first-order valence-corrected chi connectivity index (χ1v) is 11.2. The summed E-state index contributed by atoms with van der Waals surface area (Å²) >= 11 is 0. The predicted molar refractivity (Wildman–Crippen MR) is 138 cm³/mol. The van der Waals surface area contributed by atoms with Crippen LogP contribution >= 0.6 is 0 Å². The third-order valence-corrected chi connectivity index (χ3v) is 6.83. The fraction of sp³-hybridized carbons (Fsp3) is 0.0323. The van der Waals surface area contributed by atoms with Crippen molar-refractivity contribution in [2.24, 2.45) is 0 Å². The molecule has 5 aromatic rings. The van der Waals surface area contributed by atoms with Gasteiger partial charge >= 0.3 is 0 Å². The molecule has 0 unspecified atom stereocenters. The van der Waals surface area contributed by atoms with Gasteiger partial charge in [0, 0.05) is 16.9 Å². The Morgan fingerprint density at radius 3 is 1.67 bits per heavy atom. The highest BCUT2D eigenvalue weighted by atomic mass is 14.6. The number of hydrogen-bond acceptors (Lipinski definition) is 2. The summed E-state index contributed by atoms with van der Waals surface area (Å²) in [6.45, 7) is 0. The Labute approximate surface area is 194 Å². The van der Waals surface area contributed by atoms with Crippen LogP contribution in [0, 0.1) is 0 Å². The molecule has 0 saturated carbocycles. The van der Waals surface area contributed by atoms with Crippen LogP contribution in [0.3, 0.4) is 0 Å². The van der Waals surface area contributed by atoms with E-state index >= 15 is 0 Å². The Morgan fingerprint density at radius 2 is 1.06 bits per heavy atom. The number of fused-ring (bicyclic) bond motifs is 3. The SMILES string of the molecule is Nc1ccc2c(c1)C(c1ccccc1)(c1ccccc1)c1c-2ccc(N)c1-c1ccccc1. The fourth-order valence-electron chi connectivity index (χ4n) is 5.53. The lowest BCUT2D eigenvalue weighted by Crippen LogP contribution is -2.29. The number of hydrogen-bond donors (Lipinski definition) is 2. The van der Waals surface area contributed by atoms with E-state index in [2.05, 4.69) is 103 Å². The molecule has 0 radical (unpaired) electrons. The Morgan fingerprint density at radius 1 is 0.515 bits per heavy atom. The lowest BCUT2D eigenvalue weighted by Gasteiger charge is -2.35. The van der Waals surface area contributed by atoms with Crippen molar-refractivity contribution >= 4 is 11.4 Å². The normalized spacial score (nSPS) is 13.3. The molecule has 158 valence electrons. The first-order valence-electron chi connectivity index (χ1n) is 11.2. The van der Waals surface area contributed by atoms with Crippen LogP contribution in [0.25, 0.3) is 22.3 Å². The Hall–Kier alpha value is -4.30. The maximum atomic E-state index is 6.74. The molecule has 0 aromatic heterocycles. The summed E-state index contributed by atoms with van der Waals surface area (Å²) in [6, 6.07) is 42.4. The van der Waals surface area contributed by atoms with E-state index in [9.17, 15) is 0 Å². The predicted octanol–water partition coefficient (Wildman–Crippen LogP) is 6.88. The second-order valence-corrected chi connectivity index (χ2v) is 8.61. The molecule has 0 saturated heterocycles. The van der Waals surface area contributed by atoms with Crippen molar-refractivity contribution in [3.63, 3.8) is 0 Å². The molecule has 5 aromatic carbocycles. The molecule has 0 aliphatic heterocycles. The molecule has 2 heteroatoms. The summed E-state index contributed by atoms with van der Waals surface area (Å²) in [5.41, 5.74) is 23.5. The lowest BCUT2D eigenvalue weighted by molar-refractivity contribution is 0.771. The van der Waals surface area contributed by atoms with E-state index in [1.165, 1.54) is 33.4 Å². The van der Waals surface area contributed by atoms with Gasteiger partial charge in [0.2, 0.25) is 0 Å². The van der Waals surface area contributed by atoms with Gasteiger partial charge in [-0.2, -0.15) is 0 Å². The Balaban J connectivity index is 1.86. The number of benzene rings is 5. The standard InChI is InChI=1S/C31H24N2/c32-24-16-17-25-26-18-19-28(33)29(21-10-4-1-5-11-21)30(26)31(27(25)20-24,22-12-6-2-7-13-22)23-14-8-3-9-15-23/h1-20H,32-33H2.